The molecule has 0 aliphatic heterocycles. The van der Waals surface area contributed by atoms with Crippen LogP contribution in [0.25, 0.3) is 0 Å². The van der Waals surface area contributed by atoms with Gasteiger partial charge in [-0.05, 0) is 32.7 Å². The summed E-state index contributed by atoms with van der Waals surface area (Å²) < 4.78 is 10.5. The smallest absolute Gasteiger partial charge is 0.0700 e. The Hall–Kier alpha value is -0.120. The van der Waals surface area contributed by atoms with Crippen LogP contribution in [-0.2, 0) is 9.47 Å². The van der Waals surface area contributed by atoms with Gasteiger partial charge in [0, 0.05) is 19.3 Å². The van der Waals surface area contributed by atoms with Crippen molar-refractivity contribution in [3.8, 4) is 0 Å². The second-order valence-electron chi connectivity index (χ2n) is 3.39. The molecule has 3 nitrogen and oxygen atoms in total. The van der Waals surface area contributed by atoms with Crippen LogP contribution in [0.4, 0.5) is 0 Å². The molecule has 3 heteroatoms. The maximum atomic E-state index is 5.37. The van der Waals surface area contributed by atoms with Gasteiger partial charge in [-0.15, -0.1) is 0 Å². The SMILES string of the molecule is CCOCCOCCCNC1CC1. The Morgan fingerprint density at radius 3 is 2.62 bits per heavy atom. The van der Waals surface area contributed by atoms with Crippen LogP contribution in [0.2, 0.25) is 0 Å². The molecule has 0 saturated heterocycles. The molecule has 78 valence electrons. The van der Waals surface area contributed by atoms with Gasteiger partial charge in [-0.1, -0.05) is 0 Å². The molecule has 1 saturated carbocycles. The molecule has 0 spiro atoms. The Morgan fingerprint density at radius 2 is 1.92 bits per heavy atom. The fourth-order valence-corrected chi connectivity index (χ4v) is 1.13. The average Bonchev–Trinajstić information content (AvgIpc) is 2.93. The van der Waals surface area contributed by atoms with Gasteiger partial charge in [0.25, 0.3) is 0 Å². The van der Waals surface area contributed by atoms with E-state index in [1.54, 1.807) is 0 Å². The third kappa shape index (κ3) is 6.99. The fourth-order valence-electron chi connectivity index (χ4n) is 1.13. The molecule has 0 radical (unpaired) electrons. The third-order valence-electron chi connectivity index (χ3n) is 2.05. The molecular weight excluding hydrogens is 166 g/mol. The monoisotopic (exact) mass is 187 g/mol. The molecule has 1 aliphatic rings. The number of hydrogen-bond acceptors (Lipinski definition) is 3. The minimum absolute atomic E-state index is 0.729. The normalized spacial score (nSPS) is 16.4. The Morgan fingerprint density at radius 1 is 1.15 bits per heavy atom. The van der Waals surface area contributed by atoms with Crippen molar-refractivity contribution in [2.45, 2.75) is 32.2 Å². The van der Waals surface area contributed by atoms with Gasteiger partial charge in [0.1, 0.15) is 0 Å². The summed E-state index contributed by atoms with van der Waals surface area (Å²) in [5.74, 6) is 0. The Kier molecular flexibility index (Phi) is 6.15. The van der Waals surface area contributed by atoms with Gasteiger partial charge in [-0.25, -0.2) is 0 Å². The molecule has 1 rings (SSSR count). The summed E-state index contributed by atoms with van der Waals surface area (Å²) in [7, 11) is 0. The van der Waals surface area contributed by atoms with E-state index in [4.69, 9.17) is 9.47 Å². The standard InChI is InChI=1S/C10H21NO2/c1-2-12-8-9-13-7-3-6-11-10-4-5-10/h10-11H,2-9H2,1H3. The lowest BCUT2D eigenvalue weighted by atomic mass is 10.4. The van der Waals surface area contributed by atoms with E-state index in [1.165, 1.54) is 12.8 Å². The summed E-state index contributed by atoms with van der Waals surface area (Å²) in [4.78, 5) is 0. The molecule has 0 amide bonds. The van der Waals surface area contributed by atoms with Crippen molar-refractivity contribution < 1.29 is 9.47 Å². The van der Waals surface area contributed by atoms with Crippen molar-refractivity contribution in [2.75, 3.05) is 33.0 Å². The van der Waals surface area contributed by atoms with Crippen LogP contribution >= 0.6 is 0 Å². The van der Waals surface area contributed by atoms with E-state index in [1.807, 2.05) is 6.92 Å². The minimum Gasteiger partial charge on any atom is -0.379 e. The molecule has 13 heavy (non-hydrogen) atoms. The lowest BCUT2D eigenvalue weighted by Crippen LogP contribution is -2.19. The van der Waals surface area contributed by atoms with Crippen LogP contribution in [0.1, 0.15) is 26.2 Å². The third-order valence-corrected chi connectivity index (χ3v) is 2.05. The van der Waals surface area contributed by atoms with Gasteiger partial charge in [-0.2, -0.15) is 0 Å². The van der Waals surface area contributed by atoms with E-state index >= 15 is 0 Å². The van der Waals surface area contributed by atoms with E-state index in [0.717, 1.165) is 45.4 Å². The van der Waals surface area contributed by atoms with Crippen molar-refractivity contribution >= 4 is 0 Å². The average molecular weight is 187 g/mol. The zero-order valence-corrected chi connectivity index (χ0v) is 8.55. The maximum Gasteiger partial charge on any atom is 0.0700 e. The zero-order chi connectivity index (χ0) is 9.36. The first-order valence-electron chi connectivity index (χ1n) is 5.32. The van der Waals surface area contributed by atoms with Crippen LogP contribution in [0.5, 0.6) is 0 Å². The molecule has 0 aromatic carbocycles. The number of ether oxygens (including phenoxy) is 2. The van der Waals surface area contributed by atoms with Gasteiger partial charge in [0.2, 0.25) is 0 Å². The Bertz CT molecular complexity index is 115. The van der Waals surface area contributed by atoms with E-state index < -0.39 is 0 Å². The number of nitrogens with one attached hydrogen (secondary N) is 1. The molecule has 1 N–H and O–H groups in total. The minimum atomic E-state index is 0.729. The second-order valence-corrected chi connectivity index (χ2v) is 3.39. The number of hydrogen-bond donors (Lipinski definition) is 1. The first-order valence-corrected chi connectivity index (χ1v) is 5.32. The molecular formula is C10H21NO2. The highest BCUT2D eigenvalue weighted by Gasteiger charge is 2.19. The van der Waals surface area contributed by atoms with Crippen LogP contribution in [0.15, 0.2) is 0 Å². The Balaban J connectivity index is 1.63. The van der Waals surface area contributed by atoms with Gasteiger partial charge in [0.05, 0.1) is 13.2 Å². The van der Waals surface area contributed by atoms with Crippen molar-refractivity contribution in [2.24, 2.45) is 0 Å². The Labute approximate surface area is 80.8 Å². The van der Waals surface area contributed by atoms with E-state index in [0.29, 0.717) is 0 Å². The number of rotatable bonds is 9. The van der Waals surface area contributed by atoms with Gasteiger partial charge in [0.15, 0.2) is 0 Å². The summed E-state index contributed by atoms with van der Waals surface area (Å²) >= 11 is 0. The lowest BCUT2D eigenvalue weighted by Gasteiger charge is -2.04. The largest absolute Gasteiger partial charge is 0.379 e. The molecule has 0 bridgehead atoms. The van der Waals surface area contributed by atoms with Crippen molar-refractivity contribution in [3.05, 3.63) is 0 Å². The summed E-state index contributed by atoms with van der Waals surface area (Å²) in [6, 6.07) is 0.823. The highest BCUT2D eigenvalue weighted by molar-refractivity contribution is 4.80. The van der Waals surface area contributed by atoms with E-state index in [2.05, 4.69) is 5.32 Å². The van der Waals surface area contributed by atoms with Gasteiger partial charge >= 0.3 is 0 Å². The summed E-state index contributed by atoms with van der Waals surface area (Å²) in [6.07, 6.45) is 3.85. The van der Waals surface area contributed by atoms with Crippen LogP contribution in [0, 0.1) is 0 Å². The quantitative estimate of drug-likeness (QED) is 0.550. The molecule has 0 heterocycles. The second kappa shape index (κ2) is 7.30. The van der Waals surface area contributed by atoms with Crippen LogP contribution in [0.3, 0.4) is 0 Å². The highest BCUT2D eigenvalue weighted by Crippen LogP contribution is 2.18. The van der Waals surface area contributed by atoms with Crippen molar-refractivity contribution in [1.29, 1.82) is 0 Å². The zero-order valence-electron chi connectivity index (χ0n) is 8.55. The van der Waals surface area contributed by atoms with Crippen LogP contribution in [-0.4, -0.2) is 39.0 Å². The molecule has 0 aromatic rings. The summed E-state index contributed by atoms with van der Waals surface area (Å²) in [6.45, 7) is 6.20. The van der Waals surface area contributed by atoms with Gasteiger partial charge in [-0.3, -0.25) is 0 Å². The molecule has 1 fully saturated rings. The van der Waals surface area contributed by atoms with E-state index in [-0.39, 0.29) is 0 Å². The molecule has 0 atom stereocenters. The maximum absolute atomic E-state index is 5.37. The topological polar surface area (TPSA) is 30.5 Å². The summed E-state index contributed by atoms with van der Waals surface area (Å²) in [5.41, 5.74) is 0. The first kappa shape index (κ1) is 11.0. The van der Waals surface area contributed by atoms with Crippen molar-refractivity contribution in [3.63, 3.8) is 0 Å². The van der Waals surface area contributed by atoms with Crippen LogP contribution < -0.4 is 5.32 Å². The molecule has 0 unspecified atom stereocenters. The molecule has 1 aliphatic carbocycles. The lowest BCUT2D eigenvalue weighted by molar-refractivity contribution is 0.0519. The van der Waals surface area contributed by atoms with Gasteiger partial charge < -0.3 is 14.8 Å². The fraction of sp³-hybridized carbons (Fsp3) is 1.00. The summed E-state index contributed by atoms with van der Waals surface area (Å²) in [5, 5.41) is 3.45. The first-order chi connectivity index (χ1) is 6.43. The molecule has 0 aromatic heterocycles. The highest BCUT2D eigenvalue weighted by atomic mass is 16.5. The van der Waals surface area contributed by atoms with Crippen molar-refractivity contribution in [1.82, 2.24) is 5.32 Å². The van der Waals surface area contributed by atoms with E-state index in [9.17, 15) is 0 Å². The predicted octanol–water partition coefficient (Wildman–Crippen LogP) is 1.18. The predicted molar refractivity (Wildman–Crippen MR) is 53.0 cm³/mol.